The molecule has 1 N–H and O–H groups in total. The minimum Gasteiger partial charge on any atom is -0.497 e. The standard InChI is InChI=1S/C23H21NO4/c1-14(18-12-16(26-2)9-11-20(18)27-3)24-23(25)22-13-19-17-7-5-4-6-15(17)8-10-21(19)28-22/h4-14H,1-3H3,(H,24,25)/t14-/m0/s1. The van der Waals surface area contributed by atoms with Crippen molar-refractivity contribution in [2.45, 2.75) is 13.0 Å². The van der Waals surface area contributed by atoms with Crippen LogP contribution in [-0.2, 0) is 0 Å². The minimum absolute atomic E-state index is 0.278. The molecule has 0 bridgehead atoms. The minimum atomic E-state index is -0.289. The number of fused-ring (bicyclic) bond motifs is 3. The Kier molecular flexibility index (Phi) is 4.65. The molecule has 1 heterocycles. The summed E-state index contributed by atoms with van der Waals surface area (Å²) < 4.78 is 16.5. The maximum atomic E-state index is 12.8. The van der Waals surface area contributed by atoms with Crippen LogP contribution in [0.4, 0.5) is 0 Å². The first kappa shape index (κ1) is 17.9. The third kappa shape index (κ3) is 3.16. The van der Waals surface area contributed by atoms with Gasteiger partial charge in [-0.15, -0.1) is 0 Å². The Morgan fingerprint density at radius 1 is 0.964 bits per heavy atom. The van der Waals surface area contributed by atoms with Crippen LogP contribution >= 0.6 is 0 Å². The summed E-state index contributed by atoms with van der Waals surface area (Å²) in [5.74, 6) is 1.38. The zero-order valence-corrected chi connectivity index (χ0v) is 16.0. The number of hydrogen-bond donors (Lipinski definition) is 1. The van der Waals surface area contributed by atoms with Gasteiger partial charge in [0.2, 0.25) is 0 Å². The van der Waals surface area contributed by atoms with Gasteiger partial charge in [-0.2, -0.15) is 0 Å². The maximum absolute atomic E-state index is 12.8. The predicted octanol–water partition coefficient (Wildman–Crippen LogP) is 5.09. The van der Waals surface area contributed by atoms with Gasteiger partial charge in [-0.25, -0.2) is 0 Å². The van der Waals surface area contributed by atoms with Crippen LogP contribution in [-0.4, -0.2) is 20.1 Å². The summed E-state index contributed by atoms with van der Waals surface area (Å²) in [6.45, 7) is 1.90. The lowest BCUT2D eigenvalue weighted by Crippen LogP contribution is -2.26. The number of methoxy groups -OCH3 is 2. The molecular weight excluding hydrogens is 354 g/mol. The highest BCUT2D eigenvalue weighted by atomic mass is 16.5. The lowest BCUT2D eigenvalue weighted by molar-refractivity contribution is 0.0913. The number of carbonyl (C=O) groups excluding carboxylic acids is 1. The van der Waals surface area contributed by atoms with Crippen molar-refractivity contribution < 1.29 is 18.7 Å². The van der Waals surface area contributed by atoms with Gasteiger partial charge in [0, 0.05) is 10.9 Å². The van der Waals surface area contributed by atoms with Gasteiger partial charge in [0.05, 0.1) is 20.3 Å². The molecule has 4 rings (SSSR count). The molecule has 0 aliphatic rings. The van der Waals surface area contributed by atoms with Gasteiger partial charge in [-0.3, -0.25) is 4.79 Å². The third-order valence-corrected chi connectivity index (χ3v) is 4.90. The van der Waals surface area contributed by atoms with Crippen molar-refractivity contribution in [2.75, 3.05) is 14.2 Å². The van der Waals surface area contributed by atoms with Crippen LogP contribution in [0, 0.1) is 0 Å². The van der Waals surface area contributed by atoms with Gasteiger partial charge in [-0.05, 0) is 48.0 Å². The predicted molar refractivity (Wildman–Crippen MR) is 109 cm³/mol. The Morgan fingerprint density at radius 3 is 2.57 bits per heavy atom. The van der Waals surface area contributed by atoms with Crippen molar-refractivity contribution >= 4 is 27.6 Å². The molecule has 0 radical (unpaired) electrons. The largest absolute Gasteiger partial charge is 0.497 e. The van der Waals surface area contributed by atoms with Crippen molar-refractivity contribution in [2.24, 2.45) is 0 Å². The summed E-state index contributed by atoms with van der Waals surface area (Å²) in [4.78, 5) is 12.8. The number of amides is 1. The number of benzene rings is 3. The van der Waals surface area contributed by atoms with Crippen molar-refractivity contribution in [3.63, 3.8) is 0 Å². The summed E-state index contributed by atoms with van der Waals surface area (Å²) in [6.07, 6.45) is 0. The van der Waals surface area contributed by atoms with Gasteiger partial charge in [0.1, 0.15) is 17.1 Å². The summed E-state index contributed by atoms with van der Waals surface area (Å²) in [5.41, 5.74) is 1.52. The van der Waals surface area contributed by atoms with Crippen molar-refractivity contribution in [1.29, 1.82) is 0 Å². The molecule has 0 fully saturated rings. The van der Waals surface area contributed by atoms with Crippen LogP contribution in [0.5, 0.6) is 11.5 Å². The van der Waals surface area contributed by atoms with Crippen LogP contribution < -0.4 is 14.8 Å². The molecule has 28 heavy (non-hydrogen) atoms. The van der Waals surface area contributed by atoms with E-state index in [0.717, 1.165) is 21.7 Å². The second kappa shape index (κ2) is 7.27. The highest BCUT2D eigenvalue weighted by Gasteiger charge is 2.19. The molecule has 1 atom stereocenters. The lowest BCUT2D eigenvalue weighted by Gasteiger charge is -2.17. The number of hydrogen-bond acceptors (Lipinski definition) is 4. The Hall–Kier alpha value is -3.47. The van der Waals surface area contributed by atoms with Gasteiger partial charge in [0.15, 0.2) is 5.76 Å². The average Bonchev–Trinajstić information content (AvgIpc) is 3.18. The molecule has 3 aromatic carbocycles. The molecule has 0 unspecified atom stereocenters. The monoisotopic (exact) mass is 375 g/mol. The SMILES string of the molecule is COc1ccc(OC)c([C@H](C)NC(=O)c2cc3c(ccc4ccccc43)o2)c1. The normalized spacial score (nSPS) is 12.1. The lowest BCUT2D eigenvalue weighted by atomic mass is 10.1. The van der Waals surface area contributed by atoms with Gasteiger partial charge in [-0.1, -0.05) is 30.3 Å². The summed E-state index contributed by atoms with van der Waals surface area (Å²) in [6, 6.07) is 18.9. The Morgan fingerprint density at radius 2 is 1.79 bits per heavy atom. The first-order valence-electron chi connectivity index (χ1n) is 9.05. The topological polar surface area (TPSA) is 60.7 Å². The Bertz CT molecular complexity index is 1160. The number of ether oxygens (including phenoxy) is 2. The maximum Gasteiger partial charge on any atom is 0.287 e. The third-order valence-electron chi connectivity index (χ3n) is 4.90. The van der Waals surface area contributed by atoms with Crippen LogP contribution in [0.2, 0.25) is 0 Å². The second-order valence-electron chi connectivity index (χ2n) is 6.61. The smallest absolute Gasteiger partial charge is 0.287 e. The molecule has 1 amide bonds. The molecule has 4 aromatic rings. The van der Waals surface area contributed by atoms with E-state index in [2.05, 4.69) is 5.32 Å². The van der Waals surface area contributed by atoms with Gasteiger partial charge >= 0.3 is 0 Å². The highest BCUT2D eigenvalue weighted by molar-refractivity contribution is 6.08. The summed E-state index contributed by atoms with van der Waals surface area (Å²) >= 11 is 0. The van der Waals surface area contributed by atoms with Gasteiger partial charge in [0.25, 0.3) is 5.91 Å². The van der Waals surface area contributed by atoms with E-state index in [1.165, 1.54) is 0 Å². The van der Waals surface area contributed by atoms with E-state index in [-0.39, 0.29) is 17.7 Å². The fourth-order valence-corrected chi connectivity index (χ4v) is 3.43. The molecule has 0 spiro atoms. The van der Waals surface area contributed by atoms with E-state index < -0.39 is 0 Å². The number of rotatable bonds is 5. The van der Waals surface area contributed by atoms with Crippen molar-refractivity contribution in [1.82, 2.24) is 5.32 Å². The van der Waals surface area contributed by atoms with E-state index in [1.807, 2.05) is 61.5 Å². The fraction of sp³-hybridized carbons (Fsp3) is 0.174. The first-order valence-corrected chi connectivity index (χ1v) is 9.05. The quantitative estimate of drug-likeness (QED) is 0.527. The van der Waals surface area contributed by atoms with Crippen LogP contribution in [0.25, 0.3) is 21.7 Å². The zero-order valence-electron chi connectivity index (χ0n) is 16.0. The molecule has 0 aliphatic carbocycles. The molecule has 0 saturated carbocycles. The molecule has 5 heteroatoms. The summed E-state index contributed by atoms with van der Waals surface area (Å²) in [7, 11) is 3.21. The molecule has 0 aliphatic heterocycles. The van der Waals surface area contributed by atoms with Gasteiger partial charge < -0.3 is 19.2 Å². The molecule has 142 valence electrons. The van der Waals surface area contributed by atoms with Crippen LogP contribution in [0.15, 0.2) is 65.1 Å². The first-order chi connectivity index (χ1) is 13.6. The average molecular weight is 375 g/mol. The number of nitrogens with one attached hydrogen (secondary N) is 1. The number of carbonyl (C=O) groups is 1. The zero-order chi connectivity index (χ0) is 19.7. The van der Waals surface area contributed by atoms with E-state index in [4.69, 9.17) is 13.9 Å². The van der Waals surface area contributed by atoms with E-state index >= 15 is 0 Å². The molecule has 5 nitrogen and oxygen atoms in total. The van der Waals surface area contributed by atoms with Crippen LogP contribution in [0.3, 0.4) is 0 Å². The highest BCUT2D eigenvalue weighted by Crippen LogP contribution is 2.31. The summed E-state index contributed by atoms with van der Waals surface area (Å²) in [5, 5.41) is 6.07. The second-order valence-corrected chi connectivity index (χ2v) is 6.61. The van der Waals surface area contributed by atoms with Crippen molar-refractivity contribution in [3.05, 3.63) is 72.0 Å². The molecular formula is C23H21NO4. The van der Waals surface area contributed by atoms with Crippen molar-refractivity contribution in [3.8, 4) is 11.5 Å². The Labute approximate surface area is 162 Å². The molecule has 1 aromatic heterocycles. The van der Waals surface area contributed by atoms with E-state index in [0.29, 0.717) is 17.1 Å². The number of furan rings is 1. The van der Waals surface area contributed by atoms with Crippen LogP contribution in [0.1, 0.15) is 29.1 Å². The Balaban J connectivity index is 1.64. The molecule has 0 saturated heterocycles. The van der Waals surface area contributed by atoms with E-state index in [1.54, 1.807) is 20.3 Å². The fourth-order valence-electron chi connectivity index (χ4n) is 3.43. The van der Waals surface area contributed by atoms with E-state index in [9.17, 15) is 4.79 Å².